The second-order valence-corrected chi connectivity index (χ2v) is 14.4. The quantitative estimate of drug-likeness (QED) is 0.305. The number of thiazole rings is 1. The number of nitrogens with zero attached hydrogens (tertiary/aromatic N) is 1. The zero-order valence-corrected chi connectivity index (χ0v) is 23.0. The van der Waals surface area contributed by atoms with Crippen molar-refractivity contribution in [3.8, 4) is 0 Å². The van der Waals surface area contributed by atoms with Gasteiger partial charge in [-0.1, -0.05) is 41.4 Å². The molecule has 1 aromatic rings. The summed E-state index contributed by atoms with van der Waals surface area (Å²) < 4.78 is 5.85. The fourth-order valence-electron chi connectivity index (χ4n) is 8.90. The Kier molecular flexibility index (Phi) is 6.53. The summed E-state index contributed by atoms with van der Waals surface area (Å²) in [5.74, 6) is 3.11. The van der Waals surface area contributed by atoms with Crippen LogP contribution in [-0.4, -0.2) is 28.7 Å². The number of carbonyl (C=O) groups excluding carboxylic acids is 2. The first-order chi connectivity index (χ1) is 15.7. The Hall–Kier alpha value is -0.460. The van der Waals surface area contributed by atoms with Gasteiger partial charge in [-0.25, -0.2) is 4.98 Å². The predicted molar refractivity (Wildman–Crippen MR) is 135 cm³/mol. The average molecular weight is 557 g/mol. The number of Topliss-reactive ketones (excluding diaryl/α,β-unsaturated/α-hetero) is 1. The molecule has 1 aromatic heterocycles. The zero-order chi connectivity index (χ0) is 23.5. The van der Waals surface area contributed by atoms with Crippen LogP contribution in [0.1, 0.15) is 70.1 Å². The molecule has 0 radical (unpaired) electrons. The molecular formula is C26H35BrClNO3S. The lowest BCUT2D eigenvalue weighted by atomic mass is 9.44. The maximum Gasteiger partial charge on any atom is 0.309 e. The fraction of sp³-hybridized carbons (Fsp3) is 0.808. The Morgan fingerprint density at radius 3 is 2.70 bits per heavy atom. The Labute approximate surface area is 214 Å². The van der Waals surface area contributed by atoms with Crippen LogP contribution in [0.3, 0.4) is 0 Å². The van der Waals surface area contributed by atoms with Crippen LogP contribution in [0.4, 0.5) is 0 Å². The highest BCUT2D eigenvalue weighted by Crippen LogP contribution is 2.68. The van der Waals surface area contributed by atoms with Crippen molar-refractivity contribution in [2.75, 3.05) is 7.11 Å². The number of alkyl halides is 1. The molecule has 7 heteroatoms. The fourth-order valence-corrected chi connectivity index (χ4v) is 10.8. The van der Waals surface area contributed by atoms with Gasteiger partial charge in [-0.2, -0.15) is 0 Å². The van der Waals surface area contributed by atoms with Crippen LogP contribution < -0.4 is 0 Å². The van der Waals surface area contributed by atoms with E-state index in [9.17, 15) is 9.59 Å². The van der Waals surface area contributed by atoms with Crippen molar-refractivity contribution in [2.24, 2.45) is 46.3 Å². The van der Waals surface area contributed by atoms with Gasteiger partial charge in [-0.15, -0.1) is 11.3 Å². The second kappa shape index (κ2) is 8.89. The third-order valence-electron chi connectivity index (χ3n) is 10.5. The number of ether oxygens (including phenoxy) is 1. The van der Waals surface area contributed by atoms with E-state index in [4.69, 9.17) is 16.3 Å². The molecule has 0 bridgehead atoms. The van der Waals surface area contributed by atoms with E-state index in [-0.39, 0.29) is 27.5 Å². The van der Waals surface area contributed by atoms with Gasteiger partial charge in [-0.3, -0.25) is 9.59 Å². The molecule has 0 saturated heterocycles. The van der Waals surface area contributed by atoms with Crippen molar-refractivity contribution < 1.29 is 14.3 Å². The number of esters is 1. The van der Waals surface area contributed by atoms with Crippen LogP contribution in [0, 0.1) is 46.3 Å². The van der Waals surface area contributed by atoms with Crippen molar-refractivity contribution in [1.29, 1.82) is 0 Å². The topological polar surface area (TPSA) is 56.3 Å². The lowest BCUT2D eigenvalue weighted by Crippen LogP contribution is -2.55. The van der Waals surface area contributed by atoms with Gasteiger partial charge in [0.2, 0.25) is 0 Å². The molecule has 4 saturated carbocycles. The third kappa shape index (κ3) is 3.94. The van der Waals surface area contributed by atoms with E-state index in [2.05, 4.69) is 34.8 Å². The Bertz CT molecular complexity index is 938. The van der Waals surface area contributed by atoms with Crippen molar-refractivity contribution >= 4 is 50.6 Å². The van der Waals surface area contributed by atoms with Gasteiger partial charge >= 0.3 is 5.97 Å². The second-order valence-electron chi connectivity index (χ2n) is 11.6. The Balaban J connectivity index is 1.40. The Morgan fingerprint density at radius 1 is 1.24 bits per heavy atom. The van der Waals surface area contributed by atoms with Gasteiger partial charge in [0.1, 0.15) is 5.78 Å². The Morgan fingerprint density at radius 2 is 2.00 bits per heavy atom. The largest absolute Gasteiger partial charge is 0.469 e. The molecule has 0 aromatic carbocycles. The minimum Gasteiger partial charge on any atom is -0.469 e. The smallest absolute Gasteiger partial charge is 0.309 e. The maximum absolute atomic E-state index is 13.0. The van der Waals surface area contributed by atoms with Gasteiger partial charge < -0.3 is 4.74 Å². The molecule has 1 heterocycles. The molecule has 4 aliphatic rings. The first-order valence-electron chi connectivity index (χ1n) is 12.5. The van der Waals surface area contributed by atoms with Crippen LogP contribution in [0.15, 0.2) is 6.20 Å². The van der Waals surface area contributed by atoms with Gasteiger partial charge in [0.25, 0.3) is 0 Å². The number of hydrogen-bond donors (Lipinski definition) is 0. The van der Waals surface area contributed by atoms with E-state index in [1.807, 2.05) is 6.20 Å². The summed E-state index contributed by atoms with van der Waals surface area (Å²) in [7, 11) is 1.52. The molecule has 0 unspecified atom stereocenters. The highest BCUT2D eigenvalue weighted by Gasteiger charge is 2.62. The summed E-state index contributed by atoms with van der Waals surface area (Å²) in [6.45, 7) is 4.95. The van der Waals surface area contributed by atoms with E-state index >= 15 is 0 Å². The number of halogens is 2. The standard InChI is InChI=1S/C26H35BrClNO3S/c1-25-9-8-20-16(5-4-14-10-22(30)21(27)12-26(14,20)2)18(25)6-7-19(25)17(23(31)32-3)11-15-13-29-24(28)33-15/h13-14,16-21H,4-12H2,1-3H3/t14-,16-,17+,18-,19+,20-,21+,25-,26-/m0/s1. The summed E-state index contributed by atoms with van der Waals surface area (Å²) in [4.78, 5) is 30.7. The van der Waals surface area contributed by atoms with Gasteiger partial charge in [0.15, 0.2) is 4.47 Å². The SMILES string of the molecule is COC(=O)[C@H](Cc1cnc(Cl)s1)[C@H]1CC[C@H]2[C@@H]3CC[C@H]4CC(=O)[C@H](Br)C[C@]4(C)[C@H]3CC[C@]12C. The van der Waals surface area contributed by atoms with E-state index in [1.54, 1.807) is 0 Å². The monoisotopic (exact) mass is 555 g/mol. The molecule has 33 heavy (non-hydrogen) atoms. The number of ketones is 1. The molecule has 9 atom stereocenters. The van der Waals surface area contributed by atoms with Crippen molar-refractivity contribution in [1.82, 2.24) is 4.98 Å². The first-order valence-corrected chi connectivity index (χ1v) is 14.6. The molecule has 0 spiro atoms. The van der Waals surface area contributed by atoms with Crippen molar-refractivity contribution in [2.45, 2.75) is 76.5 Å². The normalized spacial score (nSPS) is 43.4. The van der Waals surface area contributed by atoms with Gasteiger partial charge in [0, 0.05) is 17.5 Å². The molecular weight excluding hydrogens is 522 g/mol. The van der Waals surface area contributed by atoms with Crippen LogP contribution in [0.25, 0.3) is 0 Å². The summed E-state index contributed by atoms with van der Waals surface area (Å²) in [5, 5.41) is 0. The van der Waals surface area contributed by atoms with Crippen LogP contribution >= 0.6 is 38.9 Å². The number of aromatic nitrogens is 1. The van der Waals surface area contributed by atoms with Crippen LogP contribution in [0.2, 0.25) is 4.47 Å². The van der Waals surface area contributed by atoms with Crippen LogP contribution in [0.5, 0.6) is 0 Å². The lowest BCUT2D eigenvalue weighted by Gasteiger charge is -2.61. The summed E-state index contributed by atoms with van der Waals surface area (Å²) in [6, 6.07) is 0. The highest BCUT2D eigenvalue weighted by atomic mass is 79.9. The van der Waals surface area contributed by atoms with Crippen molar-refractivity contribution in [3.05, 3.63) is 15.5 Å². The number of fused-ring (bicyclic) bond motifs is 5. The molecule has 4 fully saturated rings. The van der Waals surface area contributed by atoms with E-state index in [1.165, 1.54) is 50.6 Å². The molecule has 182 valence electrons. The zero-order valence-electron chi connectivity index (χ0n) is 19.8. The lowest BCUT2D eigenvalue weighted by molar-refractivity contribution is -0.153. The molecule has 5 rings (SSSR count). The predicted octanol–water partition coefficient (Wildman–Crippen LogP) is 6.73. The van der Waals surface area contributed by atoms with Crippen molar-refractivity contribution in [3.63, 3.8) is 0 Å². The van der Waals surface area contributed by atoms with E-state index in [0.717, 1.165) is 24.1 Å². The molecule has 0 aliphatic heterocycles. The molecule has 0 amide bonds. The average Bonchev–Trinajstić information content (AvgIpc) is 3.35. The minimum atomic E-state index is -0.135. The van der Waals surface area contributed by atoms with E-state index < -0.39 is 0 Å². The maximum atomic E-state index is 13.0. The third-order valence-corrected chi connectivity index (χ3v) is 12.5. The number of methoxy groups -OCH3 is 1. The van der Waals surface area contributed by atoms with Gasteiger partial charge in [-0.05, 0) is 91.8 Å². The number of hydrogen-bond acceptors (Lipinski definition) is 5. The molecule has 0 N–H and O–H groups in total. The minimum absolute atomic E-state index is 0.0251. The van der Waals surface area contributed by atoms with Gasteiger partial charge in [0.05, 0.1) is 17.9 Å². The molecule has 4 nitrogen and oxygen atoms in total. The summed E-state index contributed by atoms with van der Waals surface area (Å²) in [6.07, 6.45) is 11.3. The first kappa shape index (κ1) is 24.2. The number of rotatable bonds is 4. The number of carbonyl (C=O) groups is 2. The summed E-state index contributed by atoms with van der Waals surface area (Å²) >= 11 is 11.3. The van der Waals surface area contributed by atoms with E-state index in [0.29, 0.717) is 46.3 Å². The summed E-state index contributed by atoms with van der Waals surface area (Å²) in [5.41, 5.74) is 0.418. The molecule has 4 aliphatic carbocycles. The van der Waals surface area contributed by atoms with Crippen LogP contribution in [-0.2, 0) is 20.7 Å². The highest BCUT2D eigenvalue weighted by molar-refractivity contribution is 9.10.